The maximum Gasteiger partial charge on any atom is 0.336 e. The second-order valence-corrected chi connectivity index (χ2v) is 6.79. The number of hydrogen-bond acceptors (Lipinski definition) is 5. The zero-order chi connectivity index (χ0) is 14.1. The highest BCUT2D eigenvalue weighted by atomic mass is 17.3. The quantitative estimate of drug-likeness (QED) is 0.387. The van der Waals surface area contributed by atoms with Gasteiger partial charge in [0.2, 0.25) is 12.1 Å². The first-order valence-corrected chi connectivity index (χ1v) is 7.41. The lowest BCUT2D eigenvalue weighted by molar-refractivity contribution is -0.554. The van der Waals surface area contributed by atoms with E-state index in [1.54, 1.807) is 0 Å². The van der Waals surface area contributed by atoms with Gasteiger partial charge in [0.05, 0.1) is 0 Å². The molecule has 1 spiro atoms. The van der Waals surface area contributed by atoms with Crippen LogP contribution in [0.3, 0.4) is 0 Å². The predicted octanol–water partition coefficient (Wildman–Crippen LogP) is 2.32. The van der Waals surface area contributed by atoms with Crippen LogP contribution < -0.4 is 0 Å². The lowest BCUT2D eigenvalue weighted by Gasteiger charge is -2.56. The second kappa shape index (κ2) is 3.84. The van der Waals surface area contributed by atoms with Crippen molar-refractivity contribution in [2.24, 2.45) is 17.8 Å². The minimum absolute atomic E-state index is 0.0717. The first-order chi connectivity index (χ1) is 9.46. The SMILES string of the molecule is C=C1C(=O)O[C@H]2O[C@@]3(C)CC[C@H]4[C@H](C)CC[C@@H]1[C@@]24OO3. The molecule has 0 unspecified atom stereocenters. The molecule has 5 heteroatoms. The number of esters is 1. The second-order valence-electron chi connectivity index (χ2n) is 6.79. The Labute approximate surface area is 118 Å². The first-order valence-electron chi connectivity index (χ1n) is 7.41. The van der Waals surface area contributed by atoms with Crippen molar-refractivity contribution >= 4 is 5.97 Å². The highest BCUT2D eigenvalue weighted by molar-refractivity contribution is 5.89. The minimum atomic E-state index is -0.823. The zero-order valence-corrected chi connectivity index (χ0v) is 11.9. The Morgan fingerprint density at radius 3 is 2.85 bits per heavy atom. The maximum atomic E-state index is 12.0. The van der Waals surface area contributed by atoms with Crippen molar-refractivity contribution in [2.45, 2.75) is 57.2 Å². The normalized spacial score (nSPS) is 54.1. The number of hydrogen-bond donors (Lipinski definition) is 0. The summed E-state index contributed by atoms with van der Waals surface area (Å²) in [6.45, 7) is 8.00. The van der Waals surface area contributed by atoms with E-state index >= 15 is 0 Å². The summed E-state index contributed by atoms with van der Waals surface area (Å²) in [5.41, 5.74) is -0.213. The van der Waals surface area contributed by atoms with E-state index in [9.17, 15) is 4.79 Å². The fourth-order valence-electron chi connectivity index (χ4n) is 4.46. The van der Waals surface area contributed by atoms with Gasteiger partial charge in [0.15, 0.2) is 5.60 Å². The molecule has 0 aromatic carbocycles. The highest BCUT2D eigenvalue weighted by Gasteiger charge is 2.69. The van der Waals surface area contributed by atoms with Crippen LogP contribution in [0.1, 0.15) is 39.5 Å². The van der Waals surface area contributed by atoms with Crippen LogP contribution >= 0.6 is 0 Å². The molecular weight excluding hydrogens is 260 g/mol. The summed E-state index contributed by atoms with van der Waals surface area (Å²) in [7, 11) is 0. The lowest BCUT2D eigenvalue weighted by Crippen LogP contribution is -2.68. The number of ether oxygens (including phenoxy) is 2. The minimum Gasteiger partial charge on any atom is -0.429 e. The third-order valence-electron chi connectivity index (χ3n) is 5.62. The molecule has 0 N–H and O–H groups in total. The molecule has 4 heterocycles. The van der Waals surface area contributed by atoms with Crippen molar-refractivity contribution in [3.05, 3.63) is 12.2 Å². The summed E-state index contributed by atoms with van der Waals surface area (Å²) in [6.07, 6.45) is 2.95. The molecule has 4 aliphatic heterocycles. The van der Waals surface area contributed by atoms with Crippen LogP contribution in [0.15, 0.2) is 12.2 Å². The molecule has 1 saturated carbocycles. The van der Waals surface area contributed by atoms with Crippen LogP contribution in [0.5, 0.6) is 0 Å². The Bertz CT molecular complexity index is 489. The molecule has 0 aromatic heterocycles. The van der Waals surface area contributed by atoms with Crippen molar-refractivity contribution in [3.63, 3.8) is 0 Å². The van der Waals surface area contributed by atoms with Crippen molar-refractivity contribution in [1.29, 1.82) is 0 Å². The number of carbonyl (C=O) groups excluding carboxylic acids is 1. The van der Waals surface area contributed by atoms with Gasteiger partial charge in [-0.15, -0.1) is 0 Å². The van der Waals surface area contributed by atoms with Gasteiger partial charge in [-0.3, -0.25) is 0 Å². The van der Waals surface area contributed by atoms with E-state index in [2.05, 4.69) is 13.5 Å². The van der Waals surface area contributed by atoms with Gasteiger partial charge in [-0.1, -0.05) is 13.5 Å². The third-order valence-corrected chi connectivity index (χ3v) is 5.62. The Balaban J connectivity index is 1.86. The van der Waals surface area contributed by atoms with Gasteiger partial charge in [0.25, 0.3) is 0 Å². The van der Waals surface area contributed by atoms with Crippen LogP contribution in [0.2, 0.25) is 0 Å². The molecule has 2 bridgehead atoms. The highest BCUT2D eigenvalue weighted by Crippen LogP contribution is 2.59. The van der Waals surface area contributed by atoms with E-state index in [4.69, 9.17) is 19.2 Å². The Hall–Kier alpha value is -0.910. The van der Waals surface area contributed by atoms with E-state index < -0.39 is 17.7 Å². The largest absolute Gasteiger partial charge is 0.429 e. The Morgan fingerprint density at radius 1 is 1.25 bits per heavy atom. The third kappa shape index (κ3) is 1.41. The molecule has 5 rings (SSSR count). The molecule has 5 aliphatic rings. The van der Waals surface area contributed by atoms with E-state index in [-0.39, 0.29) is 17.8 Å². The standard InChI is InChI=1S/C15H20O5/c1-8-4-5-11-9(2)12(16)17-13-15(11)10(8)6-7-14(3,18-13)19-20-15/h8,10-11,13H,2,4-7H2,1,3H3/t8-,10+,11+,13+,14-,15-/m1/s1. The van der Waals surface area contributed by atoms with Gasteiger partial charge in [0.1, 0.15) is 0 Å². The van der Waals surface area contributed by atoms with Crippen molar-refractivity contribution in [3.8, 4) is 0 Å². The molecule has 0 radical (unpaired) electrons. The average Bonchev–Trinajstić information content (AvgIpc) is 2.63. The van der Waals surface area contributed by atoms with E-state index in [1.165, 1.54) is 0 Å². The number of rotatable bonds is 0. The summed E-state index contributed by atoms with van der Waals surface area (Å²) >= 11 is 0. The molecule has 5 nitrogen and oxygen atoms in total. The molecule has 4 saturated heterocycles. The van der Waals surface area contributed by atoms with Gasteiger partial charge in [-0.25, -0.2) is 14.6 Å². The molecular formula is C15H20O5. The summed E-state index contributed by atoms with van der Waals surface area (Å²) in [5.74, 6) is -0.501. The molecule has 6 atom stereocenters. The van der Waals surface area contributed by atoms with Crippen LogP contribution in [-0.2, 0) is 24.0 Å². The fraction of sp³-hybridized carbons (Fsp3) is 0.800. The van der Waals surface area contributed by atoms with Crippen molar-refractivity contribution < 1.29 is 24.0 Å². The molecule has 1 aliphatic carbocycles. The lowest BCUT2D eigenvalue weighted by atomic mass is 9.59. The Kier molecular flexibility index (Phi) is 2.46. The summed E-state index contributed by atoms with van der Waals surface area (Å²) in [4.78, 5) is 23.5. The molecule has 20 heavy (non-hydrogen) atoms. The van der Waals surface area contributed by atoms with Gasteiger partial charge < -0.3 is 9.47 Å². The number of carbonyl (C=O) groups is 1. The van der Waals surface area contributed by atoms with Gasteiger partial charge >= 0.3 is 5.97 Å². The molecule has 5 fully saturated rings. The van der Waals surface area contributed by atoms with Crippen LogP contribution in [0, 0.1) is 17.8 Å². The molecule has 0 aromatic rings. The van der Waals surface area contributed by atoms with Crippen LogP contribution in [-0.4, -0.2) is 23.6 Å². The van der Waals surface area contributed by atoms with Crippen molar-refractivity contribution in [1.82, 2.24) is 0 Å². The van der Waals surface area contributed by atoms with Crippen molar-refractivity contribution in [2.75, 3.05) is 0 Å². The van der Waals surface area contributed by atoms with Crippen LogP contribution in [0.25, 0.3) is 0 Å². The fourth-order valence-corrected chi connectivity index (χ4v) is 4.46. The summed E-state index contributed by atoms with van der Waals surface area (Å²) in [5, 5.41) is 0. The topological polar surface area (TPSA) is 54.0 Å². The van der Waals surface area contributed by atoms with E-state index in [1.807, 2.05) is 6.92 Å². The maximum absolute atomic E-state index is 12.0. The zero-order valence-electron chi connectivity index (χ0n) is 11.9. The first kappa shape index (κ1) is 12.8. The smallest absolute Gasteiger partial charge is 0.336 e. The predicted molar refractivity (Wildman–Crippen MR) is 68.0 cm³/mol. The summed E-state index contributed by atoms with van der Waals surface area (Å²) in [6, 6.07) is 0. The monoisotopic (exact) mass is 280 g/mol. The molecule has 0 amide bonds. The van der Waals surface area contributed by atoms with Gasteiger partial charge in [0, 0.05) is 23.8 Å². The summed E-state index contributed by atoms with van der Waals surface area (Å²) < 4.78 is 11.5. The van der Waals surface area contributed by atoms with Gasteiger partial charge in [-0.2, -0.15) is 0 Å². The average molecular weight is 280 g/mol. The van der Waals surface area contributed by atoms with Gasteiger partial charge in [-0.05, 0) is 32.1 Å². The Morgan fingerprint density at radius 2 is 2.05 bits per heavy atom. The van der Waals surface area contributed by atoms with E-state index in [0.717, 1.165) is 25.7 Å². The van der Waals surface area contributed by atoms with E-state index in [0.29, 0.717) is 11.5 Å². The van der Waals surface area contributed by atoms with Crippen LogP contribution in [0.4, 0.5) is 0 Å². The molecule has 110 valence electrons. The number of fused-ring (bicyclic) bond motifs is 2.